The standard InChI is InChI=1S/C14H19N3O/c1-17-9-10(6-12(17)7-15)8-16-13-4-5-18-14(13)11-2-3-11/h6,9,11,13-14,16H,2-5,8H2,1H3. The van der Waals surface area contributed by atoms with E-state index < -0.39 is 0 Å². The number of ether oxygens (including phenoxy) is 1. The van der Waals surface area contributed by atoms with Crippen LogP contribution in [0, 0.1) is 17.2 Å². The summed E-state index contributed by atoms with van der Waals surface area (Å²) in [5.74, 6) is 0.787. The molecule has 2 heterocycles. The lowest BCUT2D eigenvalue weighted by Gasteiger charge is -2.19. The first-order valence-corrected chi connectivity index (χ1v) is 6.68. The van der Waals surface area contributed by atoms with Crippen molar-refractivity contribution in [2.24, 2.45) is 13.0 Å². The smallest absolute Gasteiger partial charge is 0.120 e. The van der Waals surface area contributed by atoms with Crippen LogP contribution in [0.4, 0.5) is 0 Å². The van der Waals surface area contributed by atoms with Crippen LogP contribution in [-0.2, 0) is 18.3 Å². The van der Waals surface area contributed by atoms with Gasteiger partial charge in [-0.1, -0.05) is 0 Å². The van der Waals surface area contributed by atoms with E-state index in [9.17, 15) is 0 Å². The molecule has 2 fully saturated rings. The molecule has 0 spiro atoms. The number of nitrogens with one attached hydrogen (secondary N) is 1. The van der Waals surface area contributed by atoms with Gasteiger partial charge >= 0.3 is 0 Å². The van der Waals surface area contributed by atoms with Gasteiger partial charge in [0.15, 0.2) is 0 Å². The molecule has 0 bridgehead atoms. The number of rotatable bonds is 4. The fourth-order valence-corrected chi connectivity index (χ4v) is 2.81. The summed E-state index contributed by atoms with van der Waals surface area (Å²) in [5, 5.41) is 12.5. The molecule has 1 aliphatic carbocycles. The van der Waals surface area contributed by atoms with Gasteiger partial charge in [0.25, 0.3) is 0 Å². The molecular weight excluding hydrogens is 226 g/mol. The molecule has 4 heteroatoms. The summed E-state index contributed by atoms with van der Waals surface area (Å²) in [7, 11) is 1.91. The molecule has 2 atom stereocenters. The molecule has 1 N–H and O–H groups in total. The Kier molecular flexibility index (Phi) is 3.11. The average Bonchev–Trinajstić information content (AvgIpc) is 2.99. The first kappa shape index (κ1) is 11.8. The first-order valence-electron chi connectivity index (χ1n) is 6.68. The third kappa shape index (κ3) is 2.29. The van der Waals surface area contributed by atoms with Crippen LogP contribution in [0.2, 0.25) is 0 Å². The van der Waals surface area contributed by atoms with Gasteiger partial charge in [0.05, 0.1) is 6.10 Å². The lowest BCUT2D eigenvalue weighted by Crippen LogP contribution is -2.37. The highest BCUT2D eigenvalue weighted by Gasteiger charge is 2.40. The van der Waals surface area contributed by atoms with Crippen LogP contribution in [0.25, 0.3) is 0 Å². The molecule has 96 valence electrons. The van der Waals surface area contributed by atoms with Crippen molar-refractivity contribution in [1.29, 1.82) is 5.26 Å². The van der Waals surface area contributed by atoms with Gasteiger partial charge in [-0.05, 0) is 36.8 Å². The largest absolute Gasteiger partial charge is 0.376 e. The molecule has 1 aromatic rings. The summed E-state index contributed by atoms with van der Waals surface area (Å²) in [6.07, 6.45) is 6.20. The van der Waals surface area contributed by atoms with Gasteiger partial charge in [-0.2, -0.15) is 5.26 Å². The van der Waals surface area contributed by atoms with Crippen LogP contribution in [0.15, 0.2) is 12.3 Å². The number of aryl methyl sites for hydroxylation is 1. The SMILES string of the molecule is Cn1cc(CNC2CCOC2C2CC2)cc1C#N. The van der Waals surface area contributed by atoms with E-state index in [0.29, 0.717) is 17.8 Å². The normalized spacial score (nSPS) is 27.3. The Morgan fingerprint density at radius 1 is 1.50 bits per heavy atom. The molecule has 1 saturated carbocycles. The number of hydrogen-bond donors (Lipinski definition) is 1. The molecule has 1 aliphatic heterocycles. The van der Waals surface area contributed by atoms with Gasteiger partial charge in [-0.15, -0.1) is 0 Å². The van der Waals surface area contributed by atoms with Crippen molar-refractivity contribution in [3.8, 4) is 6.07 Å². The maximum Gasteiger partial charge on any atom is 0.120 e. The van der Waals surface area contributed by atoms with E-state index in [1.165, 1.54) is 18.4 Å². The van der Waals surface area contributed by atoms with Gasteiger partial charge in [0.1, 0.15) is 11.8 Å². The van der Waals surface area contributed by atoms with Crippen molar-refractivity contribution >= 4 is 0 Å². The predicted octanol–water partition coefficient (Wildman–Crippen LogP) is 1.55. The monoisotopic (exact) mass is 245 g/mol. The van der Waals surface area contributed by atoms with Crippen molar-refractivity contribution in [2.75, 3.05) is 6.61 Å². The molecule has 0 aromatic carbocycles. The van der Waals surface area contributed by atoms with Crippen LogP contribution < -0.4 is 5.32 Å². The minimum atomic E-state index is 0.421. The highest BCUT2D eigenvalue weighted by Crippen LogP contribution is 2.38. The Morgan fingerprint density at radius 3 is 3.00 bits per heavy atom. The fourth-order valence-electron chi connectivity index (χ4n) is 2.81. The first-order chi connectivity index (χ1) is 8.78. The van der Waals surface area contributed by atoms with Crippen LogP contribution in [0.1, 0.15) is 30.5 Å². The second-order valence-electron chi connectivity index (χ2n) is 5.41. The highest BCUT2D eigenvalue weighted by atomic mass is 16.5. The topological polar surface area (TPSA) is 50.0 Å². The average molecular weight is 245 g/mol. The highest BCUT2D eigenvalue weighted by molar-refractivity contribution is 5.28. The maximum absolute atomic E-state index is 8.92. The lowest BCUT2D eigenvalue weighted by molar-refractivity contribution is 0.0809. The molecule has 1 aromatic heterocycles. The predicted molar refractivity (Wildman–Crippen MR) is 67.8 cm³/mol. The molecule has 2 unspecified atom stereocenters. The summed E-state index contributed by atoms with van der Waals surface area (Å²) in [6, 6.07) is 4.63. The van der Waals surface area contributed by atoms with E-state index >= 15 is 0 Å². The molecule has 4 nitrogen and oxygen atoms in total. The van der Waals surface area contributed by atoms with Gasteiger partial charge in [-0.25, -0.2) is 0 Å². The number of aromatic nitrogens is 1. The van der Waals surface area contributed by atoms with Gasteiger partial charge in [0.2, 0.25) is 0 Å². The summed E-state index contributed by atoms with van der Waals surface area (Å²) < 4.78 is 7.68. The van der Waals surface area contributed by atoms with Crippen LogP contribution in [-0.4, -0.2) is 23.3 Å². The van der Waals surface area contributed by atoms with E-state index in [0.717, 1.165) is 25.5 Å². The number of hydrogen-bond acceptors (Lipinski definition) is 3. The quantitative estimate of drug-likeness (QED) is 0.875. The Morgan fingerprint density at radius 2 is 2.33 bits per heavy atom. The Balaban J connectivity index is 1.58. The summed E-state index contributed by atoms with van der Waals surface area (Å²) in [5.41, 5.74) is 1.89. The van der Waals surface area contributed by atoms with E-state index in [1.807, 2.05) is 23.9 Å². The van der Waals surface area contributed by atoms with E-state index in [-0.39, 0.29) is 0 Å². The molecule has 1 saturated heterocycles. The Bertz CT molecular complexity index is 470. The second kappa shape index (κ2) is 4.75. The second-order valence-corrected chi connectivity index (χ2v) is 5.41. The third-order valence-electron chi connectivity index (χ3n) is 3.97. The fraction of sp³-hybridized carbons (Fsp3) is 0.643. The van der Waals surface area contributed by atoms with Crippen LogP contribution >= 0.6 is 0 Å². The van der Waals surface area contributed by atoms with Gasteiger partial charge in [0, 0.05) is 32.4 Å². The van der Waals surface area contributed by atoms with E-state index in [4.69, 9.17) is 10.00 Å². The summed E-state index contributed by atoms with van der Waals surface area (Å²) >= 11 is 0. The van der Waals surface area contributed by atoms with Gasteiger partial charge in [-0.3, -0.25) is 0 Å². The zero-order valence-corrected chi connectivity index (χ0v) is 10.7. The molecule has 0 amide bonds. The third-order valence-corrected chi connectivity index (χ3v) is 3.97. The Hall–Kier alpha value is -1.31. The Labute approximate surface area is 108 Å². The van der Waals surface area contributed by atoms with Crippen molar-refractivity contribution in [3.63, 3.8) is 0 Å². The molecule has 3 rings (SSSR count). The van der Waals surface area contributed by atoms with E-state index in [2.05, 4.69) is 11.4 Å². The molecule has 2 aliphatic rings. The number of nitrogens with zero attached hydrogens (tertiary/aromatic N) is 2. The zero-order chi connectivity index (χ0) is 12.5. The van der Waals surface area contributed by atoms with Crippen molar-refractivity contribution < 1.29 is 4.74 Å². The maximum atomic E-state index is 8.92. The van der Waals surface area contributed by atoms with Crippen molar-refractivity contribution in [3.05, 3.63) is 23.5 Å². The van der Waals surface area contributed by atoms with Crippen LogP contribution in [0.3, 0.4) is 0 Å². The van der Waals surface area contributed by atoms with Crippen molar-refractivity contribution in [2.45, 2.75) is 38.0 Å². The van der Waals surface area contributed by atoms with Crippen molar-refractivity contribution in [1.82, 2.24) is 9.88 Å². The minimum Gasteiger partial charge on any atom is -0.376 e. The summed E-state index contributed by atoms with van der Waals surface area (Å²) in [6.45, 7) is 1.71. The summed E-state index contributed by atoms with van der Waals surface area (Å²) in [4.78, 5) is 0. The lowest BCUT2D eigenvalue weighted by atomic mass is 10.1. The molecule has 18 heavy (non-hydrogen) atoms. The van der Waals surface area contributed by atoms with Crippen LogP contribution in [0.5, 0.6) is 0 Å². The van der Waals surface area contributed by atoms with E-state index in [1.54, 1.807) is 0 Å². The number of nitriles is 1. The minimum absolute atomic E-state index is 0.421. The molecular formula is C14H19N3O. The molecule has 0 radical (unpaired) electrons. The zero-order valence-electron chi connectivity index (χ0n) is 10.7. The van der Waals surface area contributed by atoms with Gasteiger partial charge < -0.3 is 14.6 Å².